The summed E-state index contributed by atoms with van der Waals surface area (Å²) in [6.07, 6.45) is -0.635. The molecule has 0 bridgehead atoms. The van der Waals surface area contributed by atoms with Gasteiger partial charge in [0.2, 0.25) is 0 Å². The maximum absolute atomic E-state index is 10.5. The standard InChI is InChI=1S/C9H18O4/c1-6(4-10)9(12)7(2)5-13-8(3)11/h6-7,9-10,12H,4-5H2,1-3H3/t6-,7+,9-/m1/s1. The first-order chi connectivity index (χ1) is 5.99. The van der Waals surface area contributed by atoms with Crippen molar-refractivity contribution in [3.63, 3.8) is 0 Å². The molecule has 4 nitrogen and oxygen atoms in total. The molecule has 0 rings (SSSR count). The van der Waals surface area contributed by atoms with Gasteiger partial charge in [-0.2, -0.15) is 0 Å². The van der Waals surface area contributed by atoms with Crippen LogP contribution in [0.1, 0.15) is 20.8 Å². The quantitative estimate of drug-likeness (QED) is 0.607. The first kappa shape index (κ1) is 12.4. The van der Waals surface area contributed by atoms with Crippen molar-refractivity contribution in [2.24, 2.45) is 11.8 Å². The summed E-state index contributed by atoms with van der Waals surface area (Å²) in [5, 5.41) is 18.3. The van der Waals surface area contributed by atoms with E-state index < -0.39 is 6.10 Å². The van der Waals surface area contributed by atoms with Gasteiger partial charge in [0.05, 0.1) is 12.7 Å². The molecule has 0 amide bonds. The van der Waals surface area contributed by atoms with Crippen LogP contribution in [-0.4, -0.2) is 35.5 Å². The number of aliphatic hydroxyl groups excluding tert-OH is 2. The highest BCUT2D eigenvalue weighted by atomic mass is 16.5. The smallest absolute Gasteiger partial charge is 0.302 e. The van der Waals surface area contributed by atoms with Gasteiger partial charge in [-0.3, -0.25) is 4.79 Å². The van der Waals surface area contributed by atoms with Crippen LogP contribution in [0, 0.1) is 11.8 Å². The Morgan fingerprint density at radius 2 is 1.92 bits per heavy atom. The first-order valence-electron chi connectivity index (χ1n) is 4.41. The minimum Gasteiger partial charge on any atom is -0.465 e. The van der Waals surface area contributed by atoms with Gasteiger partial charge in [-0.15, -0.1) is 0 Å². The monoisotopic (exact) mass is 190 g/mol. The average molecular weight is 190 g/mol. The SMILES string of the molecule is CC(=O)OC[C@H](C)[C@H](O)[C@H](C)CO. The maximum Gasteiger partial charge on any atom is 0.302 e. The van der Waals surface area contributed by atoms with Gasteiger partial charge in [-0.05, 0) is 0 Å². The van der Waals surface area contributed by atoms with Crippen LogP contribution in [0.25, 0.3) is 0 Å². The Bertz CT molecular complexity index is 158. The molecule has 0 aromatic rings. The zero-order valence-corrected chi connectivity index (χ0v) is 8.36. The van der Waals surface area contributed by atoms with Crippen molar-refractivity contribution in [2.75, 3.05) is 13.2 Å². The predicted molar refractivity (Wildman–Crippen MR) is 48.1 cm³/mol. The fourth-order valence-corrected chi connectivity index (χ4v) is 1.02. The van der Waals surface area contributed by atoms with E-state index in [-0.39, 0.29) is 31.0 Å². The van der Waals surface area contributed by atoms with Crippen molar-refractivity contribution >= 4 is 5.97 Å². The van der Waals surface area contributed by atoms with Crippen LogP contribution in [0.5, 0.6) is 0 Å². The molecule has 0 saturated heterocycles. The normalized spacial score (nSPS) is 17.6. The second-order valence-electron chi connectivity index (χ2n) is 3.43. The molecule has 0 unspecified atom stereocenters. The van der Waals surface area contributed by atoms with E-state index in [1.807, 2.05) is 0 Å². The lowest BCUT2D eigenvalue weighted by Crippen LogP contribution is -2.31. The number of aliphatic hydroxyl groups is 2. The Morgan fingerprint density at radius 3 is 2.31 bits per heavy atom. The lowest BCUT2D eigenvalue weighted by molar-refractivity contribution is -0.143. The van der Waals surface area contributed by atoms with Crippen LogP contribution in [0.3, 0.4) is 0 Å². The molecule has 0 aromatic heterocycles. The fraction of sp³-hybridized carbons (Fsp3) is 0.889. The zero-order chi connectivity index (χ0) is 10.4. The van der Waals surface area contributed by atoms with Crippen LogP contribution in [0.4, 0.5) is 0 Å². The van der Waals surface area contributed by atoms with Gasteiger partial charge in [0.15, 0.2) is 0 Å². The molecule has 0 aliphatic carbocycles. The van der Waals surface area contributed by atoms with E-state index in [0.717, 1.165) is 0 Å². The molecule has 0 aliphatic rings. The Morgan fingerprint density at radius 1 is 1.38 bits per heavy atom. The van der Waals surface area contributed by atoms with E-state index in [1.165, 1.54) is 6.92 Å². The molecule has 0 spiro atoms. The summed E-state index contributed by atoms with van der Waals surface area (Å²) in [4.78, 5) is 10.5. The Hall–Kier alpha value is -0.610. The highest BCUT2D eigenvalue weighted by molar-refractivity contribution is 5.65. The molecular weight excluding hydrogens is 172 g/mol. The number of carbonyl (C=O) groups is 1. The zero-order valence-electron chi connectivity index (χ0n) is 8.36. The minimum absolute atomic E-state index is 0.0639. The van der Waals surface area contributed by atoms with Gasteiger partial charge in [-0.1, -0.05) is 13.8 Å². The molecule has 0 aliphatic heterocycles. The van der Waals surface area contributed by atoms with E-state index in [9.17, 15) is 9.90 Å². The van der Waals surface area contributed by atoms with Crippen molar-refractivity contribution < 1.29 is 19.7 Å². The van der Waals surface area contributed by atoms with Crippen LogP contribution in [0.2, 0.25) is 0 Å². The lowest BCUT2D eigenvalue weighted by Gasteiger charge is -2.22. The summed E-state index contributed by atoms with van der Waals surface area (Å²) >= 11 is 0. The third-order valence-corrected chi connectivity index (χ3v) is 2.00. The van der Waals surface area contributed by atoms with Crippen LogP contribution >= 0.6 is 0 Å². The molecule has 13 heavy (non-hydrogen) atoms. The van der Waals surface area contributed by atoms with Crippen LogP contribution in [-0.2, 0) is 9.53 Å². The maximum atomic E-state index is 10.5. The van der Waals surface area contributed by atoms with Gasteiger partial charge < -0.3 is 14.9 Å². The number of carbonyl (C=O) groups excluding carboxylic acids is 1. The molecule has 0 fully saturated rings. The highest BCUT2D eigenvalue weighted by Crippen LogP contribution is 2.12. The molecule has 3 atom stereocenters. The number of esters is 1. The van der Waals surface area contributed by atoms with Crippen molar-refractivity contribution in [3.05, 3.63) is 0 Å². The summed E-state index contributed by atoms with van der Waals surface area (Å²) in [5.74, 6) is -0.688. The number of ether oxygens (including phenoxy) is 1. The predicted octanol–water partition coefficient (Wildman–Crippen LogP) is 0.175. The molecule has 2 N–H and O–H groups in total. The van der Waals surface area contributed by atoms with Gasteiger partial charge in [-0.25, -0.2) is 0 Å². The lowest BCUT2D eigenvalue weighted by atomic mass is 9.95. The molecule has 0 radical (unpaired) electrons. The Labute approximate surface area is 78.5 Å². The Kier molecular flexibility index (Phi) is 5.66. The number of rotatable bonds is 5. The van der Waals surface area contributed by atoms with Crippen molar-refractivity contribution in [1.29, 1.82) is 0 Å². The third-order valence-electron chi connectivity index (χ3n) is 2.00. The topological polar surface area (TPSA) is 66.8 Å². The van der Waals surface area contributed by atoms with Crippen molar-refractivity contribution in [3.8, 4) is 0 Å². The summed E-state index contributed by atoms with van der Waals surface area (Å²) < 4.78 is 4.74. The second-order valence-corrected chi connectivity index (χ2v) is 3.43. The molecule has 0 heterocycles. The third kappa shape index (κ3) is 4.85. The Balaban J connectivity index is 3.81. The summed E-state index contributed by atoms with van der Waals surface area (Å²) in [6.45, 7) is 4.98. The van der Waals surface area contributed by atoms with Crippen molar-refractivity contribution in [1.82, 2.24) is 0 Å². The van der Waals surface area contributed by atoms with Crippen molar-refractivity contribution in [2.45, 2.75) is 26.9 Å². The fourth-order valence-electron chi connectivity index (χ4n) is 1.02. The number of hydrogen-bond acceptors (Lipinski definition) is 4. The van der Waals surface area contributed by atoms with Crippen LogP contribution < -0.4 is 0 Å². The summed E-state index contributed by atoms with van der Waals surface area (Å²) in [7, 11) is 0. The van der Waals surface area contributed by atoms with Crippen LogP contribution in [0.15, 0.2) is 0 Å². The van der Waals surface area contributed by atoms with E-state index in [0.29, 0.717) is 0 Å². The highest BCUT2D eigenvalue weighted by Gasteiger charge is 2.21. The van der Waals surface area contributed by atoms with Gasteiger partial charge in [0.25, 0.3) is 0 Å². The van der Waals surface area contributed by atoms with E-state index >= 15 is 0 Å². The van der Waals surface area contributed by atoms with Gasteiger partial charge in [0, 0.05) is 25.4 Å². The van der Waals surface area contributed by atoms with Gasteiger partial charge >= 0.3 is 5.97 Å². The molecular formula is C9H18O4. The minimum atomic E-state index is -0.635. The molecule has 0 aromatic carbocycles. The number of hydrogen-bond donors (Lipinski definition) is 2. The second kappa shape index (κ2) is 5.94. The molecule has 0 saturated carbocycles. The van der Waals surface area contributed by atoms with E-state index in [1.54, 1.807) is 13.8 Å². The molecule has 78 valence electrons. The van der Waals surface area contributed by atoms with E-state index in [2.05, 4.69) is 0 Å². The first-order valence-corrected chi connectivity index (χ1v) is 4.41. The van der Waals surface area contributed by atoms with Gasteiger partial charge in [0.1, 0.15) is 0 Å². The average Bonchev–Trinajstić information content (AvgIpc) is 2.11. The largest absolute Gasteiger partial charge is 0.465 e. The summed E-state index contributed by atoms with van der Waals surface area (Å²) in [5.41, 5.74) is 0. The summed E-state index contributed by atoms with van der Waals surface area (Å²) in [6, 6.07) is 0. The van der Waals surface area contributed by atoms with E-state index in [4.69, 9.17) is 9.84 Å². The molecule has 4 heteroatoms.